The fourth-order valence-corrected chi connectivity index (χ4v) is 3.09. The first-order chi connectivity index (χ1) is 12.3. The molecule has 10 heteroatoms. The summed E-state index contributed by atoms with van der Waals surface area (Å²) in [6, 6.07) is 6.16. The maximum Gasteiger partial charge on any atom is 0.417 e. The van der Waals surface area contributed by atoms with E-state index in [4.69, 9.17) is 28.5 Å². The van der Waals surface area contributed by atoms with Crippen LogP contribution in [-0.2, 0) is 6.18 Å². The molecule has 0 amide bonds. The van der Waals surface area contributed by atoms with Gasteiger partial charge in [-0.1, -0.05) is 23.2 Å². The van der Waals surface area contributed by atoms with E-state index in [0.29, 0.717) is 37.8 Å². The summed E-state index contributed by atoms with van der Waals surface area (Å²) in [5.41, 5.74) is -0.724. The molecule has 1 fully saturated rings. The zero-order valence-corrected chi connectivity index (χ0v) is 14.8. The molecule has 0 atom stereocenters. The summed E-state index contributed by atoms with van der Waals surface area (Å²) in [5.74, 6) is 0.943. The Morgan fingerprint density at radius 3 is 2.27 bits per heavy atom. The molecule has 0 unspecified atom stereocenters. The highest BCUT2D eigenvalue weighted by Crippen LogP contribution is 2.34. The van der Waals surface area contributed by atoms with Crippen molar-refractivity contribution in [1.82, 2.24) is 9.97 Å². The third-order valence-corrected chi connectivity index (χ3v) is 4.57. The first-order valence-electron chi connectivity index (χ1n) is 7.59. The predicted molar refractivity (Wildman–Crippen MR) is 92.6 cm³/mol. The number of nitrogens with zero attached hydrogens (tertiary/aromatic N) is 5. The molecule has 2 aromatic heterocycles. The van der Waals surface area contributed by atoms with Gasteiger partial charge in [-0.2, -0.15) is 18.4 Å². The zero-order chi connectivity index (χ0) is 18.9. The number of halogens is 5. The molecule has 0 bridgehead atoms. The number of nitriles is 1. The lowest BCUT2D eigenvalue weighted by atomic mass is 10.2. The maximum atomic E-state index is 12.7. The average molecular weight is 402 g/mol. The molecule has 0 radical (unpaired) electrons. The summed E-state index contributed by atoms with van der Waals surface area (Å²) in [4.78, 5) is 11.9. The summed E-state index contributed by atoms with van der Waals surface area (Å²) in [7, 11) is 0. The van der Waals surface area contributed by atoms with E-state index in [1.165, 1.54) is 0 Å². The van der Waals surface area contributed by atoms with Gasteiger partial charge >= 0.3 is 6.18 Å². The quantitative estimate of drug-likeness (QED) is 0.760. The average Bonchev–Trinajstić information content (AvgIpc) is 2.61. The van der Waals surface area contributed by atoms with Crippen molar-refractivity contribution in [2.75, 3.05) is 36.0 Å². The van der Waals surface area contributed by atoms with E-state index in [1.807, 2.05) is 15.9 Å². The Labute approximate surface area is 157 Å². The minimum absolute atomic E-state index is 0.0374. The molecule has 26 heavy (non-hydrogen) atoms. The third-order valence-electron chi connectivity index (χ3n) is 3.99. The fourth-order valence-electron chi connectivity index (χ4n) is 2.65. The molecule has 2 aromatic rings. The number of rotatable bonds is 2. The molecule has 0 aromatic carbocycles. The number of pyridine rings is 2. The van der Waals surface area contributed by atoms with Crippen molar-refractivity contribution in [3.8, 4) is 6.07 Å². The largest absolute Gasteiger partial charge is 0.417 e. The summed E-state index contributed by atoms with van der Waals surface area (Å²) in [5, 5.41) is 9.27. The Bertz CT molecular complexity index is 858. The Kier molecular flexibility index (Phi) is 5.12. The predicted octanol–water partition coefficient (Wildman–Crippen LogP) is 4.00. The summed E-state index contributed by atoms with van der Waals surface area (Å²) in [6.07, 6.45) is -3.69. The first kappa shape index (κ1) is 18.5. The van der Waals surface area contributed by atoms with Crippen molar-refractivity contribution in [3.05, 3.63) is 45.7 Å². The van der Waals surface area contributed by atoms with Crippen LogP contribution in [0.25, 0.3) is 0 Å². The molecule has 1 aliphatic rings. The van der Waals surface area contributed by atoms with Crippen LogP contribution in [0, 0.1) is 11.3 Å². The van der Waals surface area contributed by atoms with Gasteiger partial charge in [-0.05, 0) is 18.2 Å². The van der Waals surface area contributed by atoms with E-state index in [0.717, 1.165) is 12.3 Å². The van der Waals surface area contributed by atoms with E-state index in [2.05, 4.69) is 9.97 Å². The van der Waals surface area contributed by atoms with Gasteiger partial charge in [0.05, 0.1) is 15.6 Å². The lowest BCUT2D eigenvalue weighted by Crippen LogP contribution is -2.47. The van der Waals surface area contributed by atoms with E-state index in [-0.39, 0.29) is 15.7 Å². The molecule has 0 saturated carbocycles. The van der Waals surface area contributed by atoms with Gasteiger partial charge in [0.1, 0.15) is 17.7 Å². The van der Waals surface area contributed by atoms with Gasteiger partial charge in [-0.3, -0.25) is 0 Å². The first-order valence-corrected chi connectivity index (χ1v) is 8.34. The van der Waals surface area contributed by atoms with Crippen LogP contribution in [0.2, 0.25) is 10.0 Å². The number of anilines is 2. The molecule has 0 spiro atoms. The van der Waals surface area contributed by atoms with Crippen molar-refractivity contribution in [3.63, 3.8) is 0 Å². The minimum atomic E-state index is -4.48. The number of piperazine rings is 1. The molecule has 0 N–H and O–H groups in total. The SMILES string of the molecule is N#Cc1nc(N2CCN(c3ncc(C(F)(F)F)cc3Cl)CC2)ccc1Cl. The number of alkyl halides is 3. The minimum Gasteiger partial charge on any atom is -0.353 e. The smallest absolute Gasteiger partial charge is 0.353 e. The van der Waals surface area contributed by atoms with Gasteiger partial charge in [0, 0.05) is 32.4 Å². The molecule has 5 nitrogen and oxygen atoms in total. The van der Waals surface area contributed by atoms with Crippen molar-refractivity contribution in [2.24, 2.45) is 0 Å². The van der Waals surface area contributed by atoms with E-state index < -0.39 is 11.7 Å². The van der Waals surface area contributed by atoms with E-state index >= 15 is 0 Å². The fraction of sp³-hybridized carbons (Fsp3) is 0.312. The standard InChI is InChI=1S/C16H12Cl2F3N5/c17-11-1-2-14(24-13(11)8-22)25-3-5-26(6-4-25)15-12(18)7-10(9-23-15)16(19,20)21/h1-2,7,9H,3-6H2. The Morgan fingerprint density at radius 2 is 1.69 bits per heavy atom. The number of hydrogen-bond donors (Lipinski definition) is 0. The molecule has 136 valence electrons. The third kappa shape index (κ3) is 3.79. The molecule has 0 aliphatic carbocycles. The highest BCUT2D eigenvalue weighted by molar-refractivity contribution is 6.33. The van der Waals surface area contributed by atoms with E-state index in [9.17, 15) is 13.2 Å². The van der Waals surface area contributed by atoms with Gasteiger partial charge in [0.25, 0.3) is 0 Å². The number of aromatic nitrogens is 2. The topological polar surface area (TPSA) is 56.1 Å². The number of hydrogen-bond acceptors (Lipinski definition) is 5. The van der Waals surface area contributed by atoms with Crippen LogP contribution in [-0.4, -0.2) is 36.1 Å². The van der Waals surface area contributed by atoms with Crippen LogP contribution in [0.1, 0.15) is 11.3 Å². The van der Waals surface area contributed by atoms with Gasteiger partial charge < -0.3 is 9.80 Å². The molecular weight excluding hydrogens is 390 g/mol. The van der Waals surface area contributed by atoms with Crippen molar-refractivity contribution in [2.45, 2.75) is 6.18 Å². The van der Waals surface area contributed by atoms with Crippen LogP contribution in [0.3, 0.4) is 0 Å². The second kappa shape index (κ2) is 7.17. The second-order valence-corrected chi connectivity index (χ2v) is 6.43. The van der Waals surface area contributed by atoms with E-state index in [1.54, 1.807) is 12.1 Å². The van der Waals surface area contributed by atoms with Gasteiger partial charge in [-0.15, -0.1) is 0 Å². The Hall–Kier alpha value is -2.24. The molecule has 3 rings (SSSR count). The second-order valence-electron chi connectivity index (χ2n) is 5.61. The molecule has 1 aliphatic heterocycles. The lowest BCUT2D eigenvalue weighted by molar-refractivity contribution is -0.137. The Morgan fingerprint density at radius 1 is 1.04 bits per heavy atom. The summed E-state index contributed by atoms with van der Waals surface area (Å²) < 4.78 is 38.1. The van der Waals surface area contributed by atoms with Crippen molar-refractivity contribution >= 4 is 34.8 Å². The monoisotopic (exact) mass is 401 g/mol. The van der Waals surface area contributed by atoms with Crippen LogP contribution >= 0.6 is 23.2 Å². The van der Waals surface area contributed by atoms with Crippen LogP contribution in [0.5, 0.6) is 0 Å². The van der Waals surface area contributed by atoms with Crippen LogP contribution in [0.15, 0.2) is 24.4 Å². The van der Waals surface area contributed by atoms with Gasteiger partial charge in [0.15, 0.2) is 5.69 Å². The highest BCUT2D eigenvalue weighted by Gasteiger charge is 2.32. The van der Waals surface area contributed by atoms with Crippen LogP contribution in [0.4, 0.5) is 24.8 Å². The molecular formula is C16H12Cl2F3N5. The lowest BCUT2D eigenvalue weighted by Gasteiger charge is -2.36. The van der Waals surface area contributed by atoms with Gasteiger partial charge in [0.2, 0.25) is 0 Å². The van der Waals surface area contributed by atoms with Crippen molar-refractivity contribution < 1.29 is 13.2 Å². The van der Waals surface area contributed by atoms with Crippen LogP contribution < -0.4 is 9.80 Å². The Balaban J connectivity index is 1.72. The normalized spacial score (nSPS) is 15.1. The van der Waals surface area contributed by atoms with Gasteiger partial charge in [-0.25, -0.2) is 9.97 Å². The molecule has 1 saturated heterocycles. The molecule has 3 heterocycles. The summed E-state index contributed by atoms with van der Waals surface area (Å²) in [6.45, 7) is 2.12. The summed E-state index contributed by atoms with van der Waals surface area (Å²) >= 11 is 11.9. The van der Waals surface area contributed by atoms with Crippen molar-refractivity contribution in [1.29, 1.82) is 5.26 Å². The maximum absolute atomic E-state index is 12.7. The highest BCUT2D eigenvalue weighted by atomic mass is 35.5. The zero-order valence-electron chi connectivity index (χ0n) is 13.3.